The predicted molar refractivity (Wildman–Crippen MR) is 143 cm³/mol. The van der Waals surface area contributed by atoms with Gasteiger partial charge in [0.2, 0.25) is 5.91 Å². The highest BCUT2D eigenvalue weighted by atomic mass is 32.1. The van der Waals surface area contributed by atoms with Gasteiger partial charge in [-0.25, -0.2) is 4.39 Å². The van der Waals surface area contributed by atoms with Crippen LogP contribution in [0, 0.1) is 5.82 Å². The number of anilines is 2. The molecule has 13 heteroatoms. The fraction of sp³-hybridized carbons (Fsp3) is 0.308. The molecule has 0 radical (unpaired) electrons. The van der Waals surface area contributed by atoms with Gasteiger partial charge in [-0.3, -0.25) is 19.3 Å². The molecule has 2 heterocycles. The number of para-hydroxylation sites is 1. The fourth-order valence-electron chi connectivity index (χ4n) is 4.31. The standard InChI is InChI=1S/C26H28FN5O6S/c1-36-18-10-9-14(12-19(18)37-2)22(25(34)30-13-15-6-5-11-38-15)32(17-8-4-3-7-16(17)27)26(35)23-20(28)21(24(29)33)31-39-23/h3-4,7-10,12,15,22H,5-6,11,13,28H2,1-2H3,(H2,29,33)(H,30,34). The van der Waals surface area contributed by atoms with Gasteiger partial charge in [0.05, 0.1) is 31.7 Å². The number of amides is 3. The maximum absolute atomic E-state index is 15.3. The normalized spacial score (nSPS) is 15.4. The number of carbonyl (C=O) groups excluding carboxylic acids is 3. The number of aromatic nitrogens is 1. The maximum Gasteiger partial charge on any atom is 0.273 e. The summed E-state index contributed by atoms with van der Waals surface area (Å²) in [5.74, 6) is -2.46. The van der Waals surface area contributed by atoms with Crippen molar-refractivity contribution in [2.45, 2.75) is 25.0 Å². The van der Waals surface area contributed by atoms with Crippen molar-refractivity contribution >= 4 is 40.6 Å². The number of halogens is 1. The molecule has 1 aromatic heterocycles. The van der Waals surface area contributed by atoms with Gasteiger partial charge in [0.15, 0.2) is 17.2 Å². The fourth-order valence-corrected chi connectivity index (χ4v) is 5.05. The van der Waals surface area contributed by atoms with E-state index in [-0.39, 0.29) is 34.6 Å². The zero-order valence-electron chi connectivity index (χ0n) is 21.3. The Morgan fingerprint density at radius 2 is 1.95 bits per heavy atom. The summed E-state index contributed by atoms with van der Waals surface area (Å²) in [6, 6.07) is 8.79. The van der Waals surface area contributed by atoms with E-state index in [2.05, 4.69) is 9.69 Å². The number of primary amides is 1. The maximum atomic E-state index is 15.3. The number of nitrogen functional groups attached to an aromatic ring is 1. The molecule has 206 valence electrons. The first-order valence-electron chi connectivity index (χ1n) is 12.0. The van der Waals surface area contributed by atoms with Crippen LogP contribution in [0.15, 0.2) is 42.5 Å². The summed E-state index contributed by atoms with van der Waals surface area (Å²) in [5.41, 5.74) is 10.9. The van der Waals surface area contributed by atoms with Crippen molar-refractivity contribution in [1.82, 2.24) is 9.69 Å². The molecule has 11 nitrogen and oxygen atoms in total. The molecular weight excluding hydrogens is 529 g/mol. The second-order valence-corrected chi connectivity index (χ2v) is 9.44. The average Bonchev–Trinajstić information content (AvgIpc) is 3.60. The number of nitrogens with two attached hydrogens (primary N) is 2. The molecule has 3 aromatic rings. The average molecular weight is 558 g/mol. The minimum absolute atomic E-state index is 0.176. The van der Waals surface area contributed by atoms with Crippen molar-refractivity contribution in [3.8, 4) is 11.5 Å². The number of nitrogens with zero attached hydrogens (tertiary/aromatic N) is 2. The van der Waals surface area contributed by atoms with Gasteiger partial charge in [-0.15, -0.1) is 0 Å². The highest BCUT2D eigenvalue weighted by Crippen LogP contribution is 2.37. The van der Waals surface area contributed by atoms with E-state index in [9.17, 15) is 14.4 Å². The molecule has 1 fully saturated rings. The topological polar surface area (TPSA) is 159 Å². The van der Waals surface area contributed by atoms with Gasteiger partial charge in [-0.2, -0.15) is 4.37 Å². The quantitative estimate of drug-likeness (QED) is 0.343. The number of hydrogen-bond acceptors (Lipinski definition) is 9. The minimum Gasteiger partial charge on any atom is -0.493 e. The van der Waals surface area contributed by atoms with Crippen molar-refractivity contribution in [3.63, 3.8) is 0 Å². The number of benzene rings is 2. The second-order valence-electron chi connectivity index (χ2n) is 8.66. The Morgan fingerprint density at radius 3 is 2.56 bits per heavy atom. The van der Waals surface area contributed by atoms with Crippen molar-refractivity contribution in [2.24, 2.45) is 5.73 Å². The van der Waals surface area contributed by atoms with Crippen LogP contribution < -0.4 is 31.2 Å². The van der Waals surface area contributed by atoms with Crippen molar-refractivity contribution in [3.05, 3.63) is 64.4 Å². The van der Waals surface area contributed by atoms with Crippen LogP contribution in [0.1, 0.15) is 44.6 Å². The molecule has 0 bridgehead atoms. The summed E-state index contributed by atoms with van der Waals surface area (Å²) in [4.78, 5) is 40.5. The van der Waals surface area contributed by atoms with Crippen LogP contribution in [0.4, 0.5) is 15.8 Å². The summed E-state index contributed by atoms with van der Waals surface area (Å²) < 4.78 is 35.5. The lowest BCUT2D eigenvalue weighted by Gasteiger charge is -2.32. The van der Waals surface area contributed by atoms with Crippen LogP contribution in [-0.2, 0) is 9.53 Å². The number of methoxy groups -OCH3 is 2. The molecule has 2 aromatic carbocycles. The molecular formula is C26H28FN5O6S. The monoisotopic (exact) mass is 557 g/mol. The van der Waals surface area contributed by atoms with Crippen LogP contribution in [-0.4, -0.2) is 55.6 Å². The van der Waals surface area contributed by atoms with Gasteiger partial charge in [-0.1, -0.05) is 18.2 Å². The van der Waals surface area contributed by atoms with Gasteiger partial charge in [0.25, 0.3) is 11.8 Å². The molecule has 1 aliphatic rings. The number of ether oxygens (including phenoxy) is 3. The zero-order valence-corrected chi connectivity index (χ0v) is 22.1. The largest absolute Gasteiger partial charge is 0.493 e. The predicted octanol–water partition coefficient (Wildman–Crippen LogP) is 2.66. The van der Waals surface area contributed by atoms with E-state index < -0.39 is 29.6 Å². The number of carbonyl (C=O) groups is 3. The number of nitrogens with one attached hydrogen (secondary N) is 1. The molecule has 1 saturated heterocycles. The minimum atomic E-state index is -1.39. The third kappa shape index (κ3) is 5.78. The number of hydrogen-bond donors (Lipinski definition) is 3. The van der Waals surface area contributed by atoms with Crippen LogP contribution in [0.25, 0.3) is 0 Å². The van der Waals surface area contributed by atoms with Crippen LogP contribution in [0.2, 0.25) is 0 Å². The third-order valence-electron chi connectivity index (χ3n) is 6.24. The lowest BCUT2D eigenvalue weighted by atomic mass is 10.0. The third-order valence-corrected chi connectivity index (χ3v) is 7.10. The number of rotatable bonds is 10. The first-order chi connectivity index (χ1) is 18.8. The van der Waals surface area contributed by atoms with Gasteiger partial charge in [-0.05, 0) is 54.2 Å². The van der Waals surface area contributed by atoms with E-state index in [4.69, 9.17) is 25.7 Å². The molecule has 5 N–H and O–H groups in total. The van der Waals surface area contributed by atoms with Crippen LogP contribution in [0.5, 0.6) is 11.5 Å². The SMILES string of the molecule is COc1ccc(C(C(=O)NCC2CCCO2)N(C(=O)c2snc(C(N)=O)c2N)c2ccccc2F)cc1OC. The Labute approximate surface area is 228 Å². The van der Waals surface area contributed by atoms with E-state index >= 15 is 4.39 Å². The smallest absolute Gasteiger partial charge is 0.273 e. The summed E-state index contributed by atoms with van der Waals surface area (Å²) in [5, 5.41) is 2.83. The zero-order chi connectivity index (χ0) is 28.1. The van der Waals surface area contributed by atoms with Gasteiger partial charge >= 0.3 is 0 Å². The van der Waals surface area contributed by atoms with E-state index in [1.165, 1.54) is 38.5 Å². The highest BCUT2D eigenvalue weighted by Gasteiger charge is 2.38. The van der Waals surface area contributed by atoms with Crippen molar-refractivity contribution < 1.29 is 33.0 Å². The Kier molecular flexibility index (Phi) is 8.62. The lowest BCUT2D eigenvalue weighted by molar-refractivity contribution is -0.123. The Bertz CT molecular complexity index is 1380. The first-order valence-corrected chi connectivity index (χ1v) is 12.8. The van der Waals surface area contributed by atoms with Gasteiger partial charge < -0.3 is 31.0 Å². The Hall–Kier alpha value is -4.23. The van der Waals surface area contributed by atoms with E-state index in [1.54, 1.807) is 12.1 Å². The molecule has 2 atom stereocenters. The van der Waals surface area contributed by atoms with E-state index in [1.807, 2.05) is 0 Å². The van der Waals surface area contributed by atoms with E-state index in [0.29, 0.717) is 35.2 Å². The molecule has 39 heavy (non-hydrogen) atoms. The van der Waals surface area contributed by atoms with Crippen molar-refractivity contribution in [1.29, 1.82) is 0 Å². The Morgan fingerprint density at radius 1 is 1.21 bits per heavy atom. The summed E-state index contributed by atoms with van der Waals surface area (Å²) in [6.07, 6.45) is 1.45. The molecule has 4 rings (SSSR count). The molecule has 0 saturated carbocycles. The highest BCUT2D eigenvalue weighted by molar-refractivity contribution is 7.09. The lowest BCUT2D eigenvalue weighted by Crippen LogP contribution is -2.46. The first kappa shape index (κ1) is 27.8. The molecule has 1 aliphatic heterocycles. The van der Waals surface area contributed by atoms with Gasteiger partial charge in [0, 0.05) is 13.2 Å². The second kappa shape index (κ2) is 12.1. The summed E-state index contributed by atoms with van der Waals surface area (Å²) in [6.45, 7) is 0.781. The van der Waals surface area contributed by atoms with Crippen molar-refractivity contribution in [2.75, 3.05) is 38.0 Å². The molecule has 0 aliphatic carbocycles. The summed E-state index contributed by atoms with van der Waals surface area (Å²) in [7, 11) is 2.89. The van der Waals surface area contributed by atoms with Crippen LogP contribution in [0.3, 0.4) is 0 Å². The molecule has 0 spiro atoms. The summed E-state index contributed by atoms with van der Waals surface area (Å²) >= 11 is 0.627. The Balaban J connectivity index is 1.87. The molecule has 2 unspecified atom stereocenters. The van der Waals surface area contributed by atoms with E-state index in [0.717, 1.165) is 23.8 Å². The van der Waals surface area contributed by atoms with Gasteiger partial charge in [0.1, 0.15) is 16.7 Å². The van der Waals surface area contributed by atoms with Crippen LogP contribution >= 0.6 is 11.5 Å². The molecule has 3 amide bonds.